The Morgan fingerprint density at radius 1 is 1.04 bits per heavy atom. The Morgan fingerprint density at radius 2 is 1.69 bits per heavy atom. The molecule has 1 atom stereocenters. The van der Waals surface area contributed by atoms with Crippen molar-refractivity contribution in [2.45, 2.75) is 13.0 Å². The summed E-state index contributed by atoms with van der Waals surface area (Å²) >= 11 is 0. The van der Waals surface area contributed by atoms with Gasteiger partial charge in [0.15, 0.2) is 17.7 Å². The van der Waals surface area contributed by atoms with Gasteiger partial charge in [0.05, 0.1) is 18.1 Å². The first-order valence-corrected chi connectivity index (χ1v) is 7.89. The molecule has 1 heterocycles. The van der Waals surface area contributed by atoms with E-state index in [9.17, 15) is 9.18 Å². The van der Waals surface area contributed by atoms with Crippen molar-refractivity contribution in [3.05, 3.63) is 72.8 Å². The number of carbonyl (C=O) groups excluding carboxylic acids is 1. The van der Waals surface area contributed by atoms with E-state index in [1.54, 1.807) is 24.3 Å². The second kappa shape index (κ2) is 8.06. The summed E-state index contributed by atoms with van der Waals surface area (Å²) in [4.78, 5) is 20.2. The van der Waals surface area contributed by atoms with Crippen LogP contribution in [0.2, 0.25) is 0 Å². The van der Waals surface area contributed by atoms with Crippen LogP contribution in [0.4, 0.5) is 10.1 Å². The molecule has 26 heavy (non-hydrogen) atoms. The van der Waals surface area contributed by atoms with E-state index in [2.05, 4.69) is 15.3 Å². The van der Waals surface area contributed by atoms with Gasteiger partial charge in [-0.05, 0) is 31.2 Å². The van der Waals surface area contributed by atoms with E-state index in [1.165, 1.54) is 31.5 Å². The van der Waals surface area contributed by atoms with Crippen molar-refractivity contribution < 1.29 is 18.7 Å². The first-order chi connectivity index (χ1) is 12.6. The smallest absolute Gasteiger partial charge is 0.322 e. The molecule has 0 saturated carbocycles. The van der Waals surface area contributed by atoms with E-state index in [-0.39, 0.29) is 11.8 Å². The third-order valence-electron chi connectivity index (χ3n) is 3.36. The van der Waals surface area contributed by atoms with Gasteiger partial charge in [-0.1, -0.05) is 30.3 Å². The fourth-order valence-corrected chi connectivity index (χ4v) is 2.06. The molecule has 6 nitrogen and oxygen atoms in total. The highest BCUT2D eigenvalue weighted by Gasteiger charge is 2.17. The molecule has 0 radical (unpaired) electrons. The third kappa shape index (κ3) is 4.54. The quantitative estimate of drug-likeness (QED) is 0.729. The zero-order valence-electron chi connectivity index (χ0n) is 13.9. The summed E-state index contributed by atoms with van der Waals surface area (Å²) in [6.07, 6.45) is 1.94. The monoisotopic (exact) mass is 353 g/mol. The lowest BCUT2D eigenvalue weighted by Crippen LogP contribution is -2.30. The number of benzene rings is 2. The van der Waals surface area contributed by atoms with Gasteiger partial charge < -0.3 is 14.8 Å². The molecule has 1 unspecified atom stereocenters. The van der Waals surface area contributed by atoms with Crippen molar-refractivity contribution in [3.8, 4) is 17.5 Å². The van der Waals surface area contributed by atoms with Gasteiger partial charge in [0.1, 0.15) is 5.75 Å². The number of ether oxygens (including phenoxy) is 2. The van der Waals surface area contributed by atoms with Gasteiger partial charge in [-0.3, -0.25) is 4.79 Å². The Kier molecular flexibility index (Phi) is 5.38. The van der Waals surface area contributed by atoms with Crippen LogP contribution in [0.3, 0.4) is 0 Å². The van der Waals surface area contributed by atoms with Crippen LogP contribution >= 0.6 is 0 Å². The van der Waals surface area contributed by atoms with E-state index in [0.717, 1.165) is 0 Å². The second-order valence-electron chi connectivity index (χ2n) is 5.35. The number of para-hydroxylation sites is 2. The number of nitrogens with one attached hydrogen (secondary N) is 1. The van der Waals surface area contributed by atoms with Crippen molar-refractivity contribution >= 4 is 11.6 Å². The highest BCUT2D eigenvalue weighted by atomic mass is 19.1. The summed E-state index contributed by atoms with van der Waals surface area (Å²) in [5.41, 5.74) is 0.374. The molecule has 0 fully saturated rings. The number of hydrogen-bond acceptors (Lipinski definition) is 5. The van der Waals surface area contributed by atoms with Gasteiger partial charge in [-0.15, -0.1) is 0 Å². The largest absolute Gasteiger partial charge is 0.478 e. The molecule has 0 spiro atoms. The van der Waals surface area contributed by atoms with Crippen LogP contribution in [0.1, 0.15) is 6.92 Å². The molecule has 0 aliphatic rings. The lowest BCUT2D eigenvalue weighted by atomic mass is 10.3. The number of aromatic nitrogens is 2. The van der Waals surface area contributed by atoms with Gasteiger partial charge >= 0.3 is 6.01 Å². The van der Waals surface area contributed by atoms with E-state index in [1.807, 2.05) is 18.2 Å². The fourth-order valence-electron chi connectivity index (χ4n) is 2.06. The van der Waals surface area contributed by atoms with Crippen molar-refractivity contribution in [2.75, 3.05) is 5.32 Å². The van der Waals surface area contributed by atoms with E-state index < -0.39 is 17.8 Å². The van der Waals surface area contributed by atoms with Crippen LogP contribution in [0.15, 0.2) is 67.0 Å². The topological polar surface area (TPSA) is 73.3 Å². The normalized spacial score (nSPS) is 11.5. The lowest BCUT2D eigenvalue weighted by molar-refractivity contribution is -0.122. The number of nitrogens with zero attached hydrogens (tertiary/aromatic N) is 2. The van der Waals surface area contributed by atoms with Gasteiger partial charge in [0, 0.05) is 0 Å². The Bertz CT molecular complexity index is 873. The van der Waals surface area contributed by atoms with Crippen LogP contribution in [0.5, 0.6) is 17.5 Å². The minimum Gasteiger partial charge on any atom is -0.478 e. The number of halogens is 1. The maximum absolute atomic E-state index is 13.6. The molecule has 0 saturated heterocycles. The van der Waals surface area contributed by atoms with Gasteiger partial charge in [0.2, 0.25) is 0 Å². The molecule has 0 bridgehead atoms. The van der Waals surface area contributed by atoms with Gasteiger partial charge in [0.25, 0.3) is 5.91 Å². The summed E-state index contributed by atoms with van der Waals surface area (Å²) in [5.74, 6) is -0.360. The van der Waals surface area contributed by atoms with Crippen molar-refractivity contribution in [2.24, 2.45) is 0 Å². The predicted octanol–water partition coefficient (Wildman–Crippen LogP) is 3.81. The maximum Gasteiger partial charge on any atom is 0.322 e. The van der Waals surface area contributed by atoms with Crippen LogP contribution in [0, 0.1) is 5.82 Å². The first-order valence-electron chi connectivity index (χ1n) is 7.89. The Hall–Kier alpha value is -3.48. The summed E-state index contributed by atoms with van der Waals surface area (Å²) in [5, 5.41) is 2.61. The minimum absolute atomic E-state index is 0.0120. The fraction of sp³-hybridized carbons (Fsp3) is 0.105. The highest BCUT2D eigenvalue weighted by molar-refractivity contribution is 5.93. The molecule has 3 rings (SSSR count). The molecule has 0 aliphatic carbocycles. The van der Waals surface area contributed by atoms with Crippen LogP contribution in [-0.2, 0) is 4.79 Å². The summed E-state index contributed by atoms with van der Waals surface area (Å²) in [7, 11) is 0. The molecule has 2 aromatic carbocycles. The molecule has 3 aromatic rings. The lowest BCUT2D eigenvalue weighted by Gasteiger charge is -2.15. The molecule has 132 valence electrons. The van der Waals surface area contributed by atoms with Crippen LogP contribution in [-0.4, -0.2) is 22.0 Å². The molecule has 1 amide bonds. The zero-order valence-corrected chi connectivity index (χ0v) is 13.9. The summed E-state index contributed by atoms with van der Waals surface area (Å²) < 4.78 is 24.4. The average molecular weight is 353 g/mol. The zero-order chi connectivity index (χ0) is 18.4. The standard InChI is InChI=1S/C19H16FN3O3/c1-13(25-17-10-6-5-9-16(17)20)18(24)23-14-11-21-19(22-12-14)26-15-7-3-2-4-8-15/h2-13H,1H3,(H,23,24). The molecule has 1 N–H and O–H groups in total. The first kappa shape index (κ1) is 17.3. The Morgan fingerprint density at radius 3 is 2.38 bits per heavy atom. The molecule has 0 aliphatic heterocycles. The molecular weight excluding hydrogens is 337 g/mol. The van der Waals surface area contributed by atoms with Crippen molar-refractivity contribution in [1.29, 1.82) is 0 Å². The van der Waals surface area contributed by atoms with E-state index in [4.69, 9.17) is 9.47 Å². The number of carbonyl (C=O) groups is 1. The minimum atomic E-state index is -0.896. The average Bonchev–Trinajstić information content (AvgIpc) is 2.66. The summed E-state index contributed by atoms with van der Waals surface area (Å²) in [6, 6.07) is 15.1. The SMILES string of the molecule is CC(Oc1ccccc1F)C(=O)Nc1cnc(Oc2ccccc2)nc1. The molecular formula is C19H16FN3O3. The number of anilines is 1. The molecule has 1 aromatic heterocycles. The van der Waals surface area contributed by atoms with Crippen molar-refractivity contribution in [1.82, 2.24) is 9.97 Å². The second-order valence-corrected chi connectivity index (χ2v) is 5.35. The van der Waals surface area contributed by atoms with Crippen molar-refractivity contribution in [3.63, 3.8) is 0 Å². The third-order valence-corrected chi connectivity index (χ3v) is 3.36. The Balaban J connectivity index is 1.58. The number of rotatable bonds is 6. The van der Waals surface area contributed by atoms with E-state index in [0.29, 0.717) is 11.4 Å². The van der Waals surface area contributed by atoms with Crippen LogP contribution < -0.4 is 14.8 Å². The summed E-state index contributed by atoms with van der Waals surface area (Å²) in [6.45, 7) is 1.52. The van der Waals surface area contributed by atoms with Gasteiger partial charge in [-0.25, -0.2) is 14.4 Å². The number of amides is 1. The van der Waals surface area contributed by atoms with Crippen LogP contribution in [0.25, 0.3) is 0 Å². The number of hydrogen-bond donors (Lipinski definition) is 1. The highest BCUT2D eigenvalue weighted by Crippen LogP contribution is 2.19. The predicted molar refractivity (Wildman–Crippen MR) is 93.7 cm³/mol. The maximum atomic E-state index is 13.6. The van der Waals surface area contributed by atoms with Gasteiger partial charge in [-0.2, -0.15) is 0 Å². The van der Waals surface area contributed by atoms with E-state index >= 15 is 0 Å². The Labute approximate surface area is 149 Å². The molecule has 7 heteroatoms.